The molecule has 0 aliphatic heterocycles. The van der Waals surface area contributed by atoms with E-state index < -0.39 is 5.97 Å². The molecule has 0 bridgehead atoms. The average molecular weight is 248 g/mol. The van der Waals surface area contributed by atoms with Gasteiger partial charge in [0.15, 0.2) is 0 Å². The van der Waals surface area contributed by atoms with Crippen molar-refractivity contribution in [2.75, 3.05) is 0 Å². The van der Waals surface area contributed by atoms with E-state index in [-0.39, 0.29) is 24.1 Å². The minimum absolute atomic E-state index is 0.228. The number of benzene rings is 1. The molecule has 1 aromatic carbocycles. The van der Waals surface area contributed by atoms with Crippen LogP contribution in [0.4, 0.5) is 4.39 Å². The number of halogens is 1. The number of hydrogen-bond donors (Lipinski definition) is 2. The smallest absolute Gasteiger partial charge is 0.303 e. The number of nitrogens with zero attached hydrogens (tertiary/aromatic N) is 1. The van der Waals surface area contributed by atoms with Gasteiger partial charge in [-0.25, -0.2) is 9.37 Å². The summed E-state index contributed by atoms with van der Waals surface area (Å²) in [4.78, 5) is 18.1. The first-order valence-corrected chi connectivity index (χ1v) is 5.99. The molecule has 5 heteroatoms. The van der Waals surface area contributed by atoms with Gasteiger partial charge in [-0.2, -0.15) is 0 Å². The Balaban J connectivity index is 1.75. The van der Waals surface area contributed by atoms with Crippen LogP contribution in [0.1, 0.15) is 31.0 Å². The van der Waals surface area contributed by atoms with Gasteiger partial charge in [-0.3, -0.25) is 4.79 Å². The van der Waals surface area contributed by atoms with E-state index in [4.69, 9.17) is 5.11 Å². The van der Waals surface area contributed by atoms with Crippen molar-refractivity contribution in [3.05, 3.63) is 29.8 Å². The Hall–Kier alpha value is -1.91. The van der Waals surface area contributed by atoms with E-state index in [0.29, 0.717) is 5.52 Å². The fraction of sp³-hybridized carbons (Fsp3) is 0.385. The summed E-state index contributed by atoms with van der Waals surface area (Å²) >= 11 is 0. The molecule has 1 saturated carbocycles. The second-order valence-corrected chi connectivity index (χ2v) is 4.92. The molecular weight excluding hydrogens is 235 g/mol. The van der Waals surface area contributed by atoms with Gasteiger partial charge in [0.05, 0.1) is 11.0 Å². The monoisotopic (exact) mass is 248 g/mol. The lowest BCUT2D eigenvalue weighted by atomic mass is 9.73. The van der Waals surface area contributed by atoms with Crippen molar-refractivity contribution in [3.8, 4) is 0 Å². The van der Waals surface area contributed by atoms with Crippen LogP contribution in [-0.4, -0.2) is 21.0 Å². The summed E-state index contributed by atoms with van der Waals surface area (Å²) in [5.74, 6) is 0.347. The molecule has 0 spiro atoms. The number of fused-ring (bicyclic) bond motifs is 1. The lowest BCUT2D eigenvalue weighted by Crippen LogP contribution is -2.25. The standard InChI is InChI=1S/C13H13FN2O2/c14-9-1-2-10-11(6-9)16-13(15-10)8-3-7(4-8)5-12(17)18/h1-2,6-8H,3-5H2,(H,15,16)(H,17,18). The summed E-state index contributed by atoms with van der Waals surface area (Å²) in [6.45, 7) is 0. The van der Waals surface area contributed by atoms with Crippen molar-refractivity contribution in [2.24, 2.45) is 5.92 Å². The summed E-state index contributed by atoms with van der Waals surface area (Å²) in [7, 11) is 0. The van der Waals surface area contributed by atoms with Gasteiger partial charge in [-0.05, 0) is 37.0 Å². The molecule has 3 rings (SSSR count). The quantitative estimate of drug-likeness (QED) is 0.877. The largest absolute Gasteiger partial charge is 0.481 e. The van der Waals surface area contributed by atoms with Crippen molar-refractivity contribution >= 4 is 17.0 Å². The molecule has 0 unspecified atom stereocenters. The Morgan fingerprint density at radius 1 is 1.50 bits per heavy atom. The molecule has 0 saturated heterocycles. The highest BCUT2D eigenvalue weighted by Gasteiger charge is 2.33. The Kier molecular flexibility index (Phi) is 2.54. The number of imidazole rings is 1. The van der Waals surface area contributed by atoms with E-state index in [2.05, 4.69) is 9.97 Å². The number of H-pyrrole nitrogens is 1. The maximum atomic E-state index is 13.0. The van der Waals surface area contributed by atoms with Gasteiger partial charge in [0.1, 0.15) is 11.6 Å². The van der Waals surface area contributed by atoms with Gasteiger partial charge in [0.25, 0.3) is 0 Å². The molecule has 1 aromatic heterocycles. The van der Waals surface area contributed by atoms with Crippen molar-refractivity contribution in [1.82, 2.24) is 9.97 Å². The molecule has 0 atom stereocenters. The van der Waals surface area contributed by atoms with Crippen molar-refractivity contribution in [3.63, 3.8) is 0 Å². The van der Waals surface area contributed by atoms with Gasteiger partial charge < -0.3 is 10.1 Å². The Labute approximate surface area is 103 Å². The average Bonchev–Trinajstić information content (AvgIpc) is 2.64. The summed E-state index contributed by atoms with van der Waals surface area (Å²) < 4.78 is 13.0. The van der Waals surface area contributed by atoms with E-state index in [1.807, 2.05) is 0 Å². The van der Waals surface area contributed by atoms with E-state index in [1.165, 1.54) is 12.1 Å². The molecule has 94 valence electrons. The van der Waals surface area contributed by atoms with Crippen LogP contribution in [0.15, 0.2) is 18.2 Å². The van der Waals surface area contributed by atoms with Crippen LogP contribution in [0, 0.1) is 11.7 Å². The number of aliphatic carboxylic acids is 1. The third-order valence-electron chi connectivity index (χ3n) is 3.55. The Morgan fingerprint density at radius 3 is 3.00 bits per heavy atom. The minimum Gasteiger partial charge on any atom is -0.481 e. The van der Waals surface area contributed by atoms with Crippen LogP contribution in [0.5, 0.6) is 0 Å². The molecule has 1 fully saturated rings. The molecule has 0 amide bonds. The first-order valence-electron chi connectivity index (χ1n) is 5.99. The zero-order valence-electron chi connectivity index (χ0n) is 9.69. The number of nitrogens with one attached hydrogen (secondary N) is 1. The first-order chi connectivity index (χ1) is 8.61. The summed E-state index contributed by atoms with van der Waals surface area (Å²) in [6, 6.07) is 4.47. The van der Waals surface area contributed by atoms with Crippen LogP contribution >= 0.6 is 0 Å². The lowest BCUT2D eigenvalue weighted by Gasteiger charge is -2.32. The van der Waals surface area contributed by atoms with E-state index >= 15 is 0 Å². The number of aromatic nitrogens is 2. The van der Waals surface area contributed by atoms with Crippen molar-refractivity contribution < 1.29 is 14.3 Å². The van der Waals surface area contributed by atoms with Gasteiger partial charge in [-0.1, -0.05) is 0 Å². The Morgan fingerprint density at radius 2 is 2.28 bits per heavy atom. The van der Waals surface area contributed by atoms with Gasteiger partial charge >= 0.3 is 5.97 Å². The topological polar surface area (TPSA) is 66.0 Å². The van der Waals surface area contributed by atoms with Crippen LogP contribution < -0.4 is 0 Å². The summed E-state index contributed by atoms with van der Waals surface area (Å²) in [6.07, 6.45) is 1.91. The second-order valence-electron chi connectivity index (χ2n) is 4.92. The third kappa shape index (κ3) is 1.96. The van der Waals surface area contributed by atoms with Gasteiger partial charge in [-0.15, -0.1) is 0 Å². The minimum atomic E-state index is -0.745. The number of carbonyl (C=O) groups is 1. The van der Waals surface area contributed by atoms with Crippen LogP contribution in [0.2, 0.25) is 0 Å². The molecule has 4 nitrogen and oxygen atoms in total. The fourth-order valence-corrected chi connectivity index (χ4v) is 2.57. The first kappa shape index (κ1) is 11.2. The molecule has 18 heavy (non-hydrogen) atoms. The summed E-state index contributed by atoms with van der Waals surface area (Å²) in [5, 5.41) is 8.69. The fourth-order valence-electron chi connectivity index (χ4n) is 2.57. The highest BCUT2D eigenvalue weighted by Crippen LogP contribution is 2.42. The third-order valence-corrected chi connectivity index (χ3v) is 3.55. The van der Waals surface area contributed by atoms with Crippen LogP contribution in [-0.2, 0) is 4.79 Å². The number of carboxylic acids is 1. The van der Waals surface area contributed by atoms with E-state index in [1.54, 1.807) is 6.07 Å². The molecule has 1 aliphatic rings. The maximum absolute atomic E-state index is 13.0. The van der Waals surface area contributed by atoms with Gasteiger partial charge in [0.2, 0.25) is 0 Å². The number of aromatic amines is 1. The highest BCUT2D eigenvalue weighted by molar-refractivity contribution is 5.75. The molecule has 2 aromatic rings. The SMILES string of the molecule is O=C(O)CC1CC(c2nc3ccc(F)cc3[nH]2)C1. The summed E-state index contributed by atoms with van der Waals surface area (Å²) in [5.41, 5.74) is 1.46. The highest BCUT2D eigenvalue weighted by atomic mass is 19.1. The predicted octanol–water partition coefficient (Wildman–Crippen LogP) is 2.67. The molecule has 1 heterocycles. The second kappa shape index (κ2) is 4.08. The number of carboxylic acid groups (broad SMARTS) is 1. The normalized spacial score (nSPS) is 22.9. The Bertz CT molecular complexity index is 602. The number of rotatable bonds is 3. The van der Waals surface area contributed by atoms with Gasteiger partial charge in [0, 0.05) is 12.3 Å². The predicted molar refractivity (Wildman–Crippen MR) is 63.8 cm³/mol. The zero-order chi connectivity index (χ0) is 12.7. The van der Waals surface area contributed by atoms with Crippen LogP contribution in [0.3, 0.4) is 0 Å². The zero-order valence-corrected chi connectivity index (χ0v) is 9.69. The van der Waals surface area contributed by atoms with Crippen molar-refractivity contribution in [1.29, 1.82) is 0 Å². The lowest BCUT2D eigenvalue weighted by molar-refractivity contribution is -0.138. The molecular formula is C13H13FN2O2. The van der Waals surface area contributed by atoms with E-state index in [0.717, 1.165) is 24.2 Å². The molecule has 2 N–H and O–H groups in total. The number of hydrogen-bond acceptors (Lipinski definition) is 2. The molecule has 0 radical (unpaired) electrons. The van der Waals surface area contributed by atoms with Crippen LogP contribution in [0.25, 0.3) is 11.0 Å². The molecule has 1 aliphatic carbocycles. The maximum Gasteiger partial charge on any atom is 0.303 e. The van der Waals surface area contributed by atoms with E-state index in [9.17, 15) is 9.18 Å². The van der Waals surface area contributed by atoms with Crippen molar-refractivity contribution in [2.45, 2.75) is 25.2 Å².